The molecule has 19 heavy (non-hydrogen) atoms. The van der Waals surface area contributed by atoms with Crippen LogP contribution in [0.1, 0.15) is 19.4 Å². The predicted molar refractivity (Wildman–Crippen MR) is 76.3 cm³/mol. The second-order valence-electron chi connectivity index (χ2n) is 5.17. The predicted octanol–water partition coefficient (Wildman–Crippen LogP) is 2.40. The van der Waals surface area contributed by atoms with Crippen molar-refractivity contribution in [3.8, 4) is 0 Å². The van der Waals surface area contributed by atoms with Crippen molar-refractivity contribution in [2.75, 3.05) is 6.61 Å². The molecule has 2 rings (SSSR count). The molecular weight excluding hydrogens is 260 g/mol. The zero-order valence-corrected chi connectivity index (χ0v) is 12.3. The summed E-state index contributed by atoms with van der Waals surface area (Å²) in [6.07, 6.45) is 1.29. The van der Waals surface area contributed by atoms with Gasteiger partial charge in [0.2, 0.25) is 0 Å². The smallest absolute Gasteiger partial charge is 0.101 e. The van der Waals surface area contributed by atoms with Crippen molar-refractivity contribution in [1.82, 2.24) is 0 Å². The maximum Gasteiger partial charge on any atom is 0.101 e. The van der Waals surface area contributed by atoms with Gasteiger partial charge in [-0.15, -0.1) is 0 Å². The third-order valence-corrected chi connectivity index (χ3v) is 4.68. The largest absolute Gasteiger partial charge is 0.393 e. The van der Waals surface area contributed by atoms with Crippen LogP contribution < -0.4 is 0 Å². The highest BCUT2D eigenvalue weighted by atomic mass is 32.2. The molecule has 1 aromatic carbocycles. The number of hydrogen-bond acceptors (Lipinski definition) is 3. The molecule has 4 heteroatoms. The molecule has 0 radical (unpaired) electrons. The summed E-state index contributed by atoms with van der Waals surface area (Å²) < 4.78 is 18.3. The fourth-order valence-corrected chi connectivity index (χ4v) is 3.59. The van der Waals surface area contributed by atoms with Crippen molar-refractivity contribution >= 4 is 10.8 Å². The molecule has 1 aliphatic rings. The third-order valence-electron chi connectivity index (χ3n) is 3.19. The van der Waals surface area contributed by atoms with Crippen LogP contribution in [0.15, 0.2) is 40.1 Å². The van der Waals surface area contributed by atoms with E-state index in [9.17, 15) is 9.32 Å². The van der Waals surface area contributed by atoms with Crippen LogP contribution in [0.2, 0.25) is 0 Å². The van der Waals surface area contributed by atoms with Crippen molar-refractivity contribution in [3.63, 3.8) is 0 Å². The molecule has 0 unspecified atom stereocenters. The van der Waals surface area contributed by atoms with Crippen molar-refractivity contribution in [3.05, 3.63) is 40.8 Å². The SMILES string of the molecule is Cc1ccc([S@](=O)C2=C[C@@H](CO)O[C@H]2C(C)C)cc1. The van der Waals surface area contributed by atoms with Crippen LogP contribution in [-0.4, -0.2) is 28.1 Å². The third kappa shape index (κ3) is 3.14. The molecule has 0 spiro atoms. The molecule has 104 valence electrons. The van der Waals surface area contributed by atoms with E-state index in [0.717, 1.165) is 15.4 Å². The zero-order valence-electron chi connectivity index (χ0n) is 11.5. The summed E-state index contributed by atoms with van der Waals surface area (Å²) in [6.45, 7) is 6.00. The first-order valence-electron chi connectivity index (χ1n) is 6.49. The van der Waals surface area contributed by atoms with Gasteiger partial charge in [0, 0.05) is 9.80 Å². The summed E-state index contributed by atoms with van der Waals surface area (Å²) in [7, 11) is -1.21. The highest BCUT2D eigenvalue weighted by Crippen LogP contribution is 2.31. The number of rotatable bonds is 4. The second kappa shape index (κ2) is 5.99. The highest BCUT2D eigenvalue weighted by Gasteiger charge is 2.33. The Kier molecular flexibility index (Phi) is 4.55. The molecule has 0 bridgehead atoms. The van der Waals surface area contributed by atoms with Gasteiger partial charge in [-0.05, 0) is 31.1 Å². The van der Waals surface area contributed by atoms with Gasteiger partial charge in [-0.1, -0.05) is 31.5 Å². The zero-order chi connectivity index (χ0) is 14.0. The molecule has 0 fully saturated rings. The topological polar surface area (TPSA) is 46.5 Å². The Labute approximate surface area is 116 Å². The molecule has 1 N–H and O–H groups in total. The molecule has 1 heterocycles. The van der Waals surface area contributed by atoms with Crippen molar-refractivity contribution < 1.29 is 14.1 Å². The van der Waals surface area contributed by atoms with Gasteiger partial charge in [0.15, 0.2) is 0 Å². The van der Waals surface area contributed by atoms with E-state index < -0.39 is 10.8 Å². The number of hydrogen-bond donors (Lipinski definition) is 1. The van der Waals surface area contributed by atoms with Crippen LogP contribution in [0.5, 0.6) is 0 Å². The molecule has 3 nitrogen and oxygen atoms in total. The number of aliphatic hydroxyl groups is 1. The molecule has 1 aliphatic heterocycles. The van der Waals surface area contributed by atoms with Crippen LogP contribution in [0.4, 0.5) is 0 Å². The van der Waals surface area contributed by atoms with Gasteiger partial charge in [0.25, 0.3) is 0 Å². The molecule has 0 aromatic heterocycles. The Morgan fingerprint density at radius 1 is 1.32 bits per heavy atom. The Morgan fingerprint density at radius 3 is 2.47 bits per heavy atom. The molecule has 0 amide bonds. The van der Waals surface area contributed by atoms with Crippen LogP contribution >= 0.6 is 0 Å². The van der Waals surface area contributed by atoms with E-state index in [-0.39, 0.29) is 24.7 Å². The second-order valence-corrected chi connectivity index (χ2v) is 6.65. The molecule has 0 saturated carbocycles. The lowest BCUT2D eigenvalue weighted by Gasteiger charge is -2.19. The van der Waals surface area contributed by atoms with Crippen LogP contribution in [-0.2, 0) is 15.5 Å². The van der Waals surface area contributed by atoms with E-state index in [2.05, 4.69) is 0 Å². The minimum Gasteiger partial charge on any atom is -0.393 e. The standard InChI is InChI=1S/C15H20O3S/c1-10(2)15-14(8-12(9-16)18-15)19(17)13-6-4-11(3)5-7-13/h4-8,10,12,15-16H,9H2,1-3H3/t12-,15-,19-/m0/s1. The van der Waals surface area contributed by atoms with Crippen LogP contribution in [0.3, 0.4) is 0 Å². The lowest BCUT2D eigenvalue weighted by molar-refractivity contribution is 0.00502. The lowest BCUT2D eigenvalue weighted by atomic mass is 10.1. The summed E-state index contributed by atoms with van der Waals surface area (Å²) in [5.74, 6) is 0.234. The van der Waals surface area contributed by atoms with Gasteiger partial charge in [-0.25, -0.2) is 4.21 Å². The van der Waals surface area contributed by atoms with E-state index in [1.54, 1.807) is 6.08 Å². The number of aliphatic hydroxyl groups excluding tert-OH is 1. The maximum absolute atomic E-state index is 12.6. The Balaban J connectivity index is 2.27. The quantitative estimate of drug-likeness (QED) is 0.921. The van der Waals surface area contributed by atoms with E-state index in [1.165, 1.54) is 0 Å². The summed E-state index contributed by atoms with van der Waals surface area (Å²) in [6, 6.07) is 7.68. The van der Waals surface area contributed by atoms with Crippen LogP contribution in [0, 0.1) is 12.8 Å². The van der Waals surface area contributed by atoms with Crippen molar-refractivity contribution in [2.24, 2.45) is 5.92 Å². The first kappa shape index (κ1) is 14.4. The fraction of sp³-hybridized carbons (Fsp3) is 0.467. The fourth-order valence-electron chi connectivity index (χ4n) is 2.12. The van der Waals surface area contributed by atoms with Gasteiger partial charge < -0.3 is 9.84 Å². The van der Waals surface area contributed by atoms with Gasteiger partial charge in [0.05, 0.1) is 23.5 Å². The number of ether oxygens (including phenoxy) is 1. The Morgan fingerprint density at radius 2 is 1.95 bits per heavy atom. The lowest BCUT2D eigenvalue weighted by Crippen LogP contribution is -2.23. The number of aryl methyl sites for hydroxylation is 1. The summed E-state index contributed by atoms with van der Waals surface area (Å²) in [5.41, 5.74) is 1.14. The highest BCUT2D eigenvalue weighted by molar-refractivity contribution is 7.89. The Bertz CT molecular complexity index is 491. The van der Waals surface area contributed by atoms with Gasteiger partial charge >= 0.3 is 0 Å². The molecule has 1 aromatic rings. The minimum absolute atomic E-state index is 0.0716. The van der Waals surface area contributed by atoms with Crippen molar-refractivity contribution in [2.45, 2.75) is 37.9 Å². The summed E-state index contributed by atoms with van der Waals surface area (Å²) in [5, 5.41) is 9.20. The van der Waals surface area contributed by atoms with E-state index >= 15 is 0 Å². The van der Waals surface area contributed by atoms with E-state index in [1.807, 2.05) is 45.0 Å². The summed E-state index contributed by atoms with van der Waals surface area (Å²) >= 11 is 0. The first-order valence-corrected chi connectivity index (χ1v) is 7.64. The van der Waals surface area contributed by atoms with Gasteiger partial charge in [-0.2, -0.15) is 0 Å². The van der Waals surface area contributed by atoms with E-state index in [4.69, 9.17) is 4.74 Å². The normalized spacial score (nSPS) is 24.6. The molecular formula is C15H20O3S. The Hall–Kier alpha value is -0.970. The number of benzene rings is 1. The average Bonchev–Trinajstić information content (AvgIpc) is 2.83. The molecule has 0 aliphatic carbocycles. The average molecular weight is 280 g/mol. The first-order chi connectivity index (χ1) is 9.02. The van der Waals surface area contributed by atoms with Gasteiger partial charge in [0.1, 0.15) is 6.10 Å². The molecule has 0 saturated heterocycles. The monoisotopic (exact) mass is 280 g/mol. The minimum atomic E-state index is -1.21. The summed E-state index contributed by atoms with van der Waals surface area (Å²) in [4.78, 5) is 1.56. The van der Waals surface area contributed by atoms with Gasteiger partial charge in [-0.3, -0.25) is 0 Å². The maximum atomic E-state index is 12.6. The molecule has 3 atom stereocenters. The van der Waals surface area contributed by atoms with E-state index in [0.29, 0.717) is 0 Å². The van der Waals surface area contributed by atoms with Crippen molar-refractivity contribution in [1.29, 1.82) is 0 Å². The van der Waals surface area contributed by atoms with Crippen LogP contribution in [0.25, 0.3) is 0 Å².